The zero-order valence-corrected chi connectivity index (χ0v) is 10.9. The van der Waals surface area contributed by atoms with E-state index in [1.165, 1.54) is 17.7 Å². The second kappa shape index (κ2) is 7.05. The van der Waals surface area contributed by atoms with Crippen molar-refractivity contribution in [3.63, 3.8) is 0 Å². The van der Waals surface area contributed by atoms with Crippen molar-refractivity contribution < 1.29 is 9.50 Å². The molecule has 0 radical (unpaired) electrons. The summed E-state index contributed by atoms with van der Waals surface area (Å²) in [5.41, 5.74) is 2.19. The van der Waals surface area contributed by atoms with E-state index < -0.39 is 0 Å². The minimum Gasteiger partial charge on any atom is -0.396 e. The standard InChI is InChI=1S/C17H19FO/c18-17-11-5-9-15(12-17)16(13-19)10-4-8-14-6-2-1-3-7-14/h1-3,5-7,9,11-12,16,19H,4,8,10,13H2. The minimum atomic E-state index is -0.237. The van der Waals surface area contributed by atoms with Crippen LogP contribution in [0.3, 0.4) is 0 Å². The van der Waals surface area contributed by atoms with Crippen LogP contribution in [-0.2, 0) is 6.42 Å². The van der Waals surface area contributed by atoms with Crippen molar-refractivity contribution in [1.29, 1.82) is 0 Å². The van der Waals surface area contributed by atoms with Gasteiger partial charge in [-0.2, -0.15) is 0 Å². The Morgan fingerprint density at radius 3 is 2.47 bits per heavy atom. The van der Waals surface area contributed by atoms with Crippen LogP contribution in [0.5, 0.6) is 0 Å². The van der Waals surface area contributed by atoms with Crippen molar-refractivity contribution in [2.45, 2.75) is 25.2 Å². The van der Waals surface area contributed by atoms with Gasteiger partial charge in [0.2, 0.25) is 0 Å². The first-order valence-corrected chi connectivity index (χ1v) is 6.70. The van der Waals surface area contributed by atoms with Crippen molar-refractivity contribution in [2.75, 3.05) is 6.61 Å². The highest BCUT2D eigenvalue weighted by Gasteiger charge is 2.10. The molecule has 0 heterocycles. The summed E-state index contributed by atoms with van der Waals surface area (Å²) in [5.74, 6) is -0.210. The number of aliphatic hydroxyl groups is 1. The highest BCUT2D eigenvalue weighted by atomic mass is 19.1. The maximum absolute atomic E-state index is 13.2. The highest BCUT2D eigenvalue weighted by Crippen LogP contribution is 2.22. The van der Waals surface area contributed by atoms with Gasteiger partial charge in [0.15, 0.2) is 0 Å². The number of halogens is 1. The highest BCUT2D eigenvalue weighted by molar-refractivity contribution is 5.21. The van der Waals surface area contributed by atoms with Crippen LogP contribution in [0.1, 0.15) is 29.9 Å². The zero-order valence-electron chi connectivity index (χ0n) is 10.9. The molecule has 0 saturated heterocycles. The maximum atomic E-state index is 13.2. The Balaban J connectivity index is 1.89. The van der Waals surface area contributed by atoms with Gasteiger partial charge in [0, 0.05) is 12.5 Å². The predicted octanol–water partition coefficient (Wildman–Crippen LogP) is 3.92. The molecular weight excluding hydrogens is 239 g/mol. The molecule has 0 amide bonds. The van der Waals surface area contributed by atoms with Gasteiger partial charge in [0.25, 0.3) is 0 Å². The first kappa shape index (κ1) is 13.8. The molecule has 0 bridgehead atoms. The van der Waals surface area contributed by atoms with E-state index in [9.17, 15) is 9.50 Å². The monoisotopic (exact) mass is 258 g/mol. The molecule has 100 valence electrons. The molecule has 0 aliphatic rings. The molecule has 0 spiro atoms. The van der Waals surface area contributed by atoms with Crippen LogP contribution in [0.4, 0.5) is 4.39 Å². The molecule has 1 atom stereocenters. The zero-order chi connectivity index (χ0) is 13.5. The molecule has 0 aromatic heterocycles. The fourth-order valence-electron chi connectivity index (χ4n) is 2.32. The lowest BCUT2D eigenvalue weighted by molar-refractivity contribution is 0.257. The first-order valence-electron chi connectivity index (χ1n) is 6.70. The van der Waals surface area contributed by atoms with Gasteiger partial charge in [-0.1, -0.05) is 42.5 Å². The second-order valence-electron chi connectivity index (χ2n) is 4.81. The van der Waals surface area contributed by atoms with Crippen LogP contribution >= 0.6 is 0 Å². The number of benzene rings is 2. The number of hydrogen-bond donors (Lipinski definition) is 1. The molecule has 0 aliphatic carbocycles. The summed E-state index contributed by atoms with van der Waals surface area (Å²) in [4.78, 5) is 0. The number of hydrogen-bond acceptors (Lipinski definition) is 1. The Morgan fingerprint density at radius 1 is 1.00 bits per heavy atom. The van der Waals surface area contributed by atoms with E-state index in [2.05, 4.69) is 12.1 Å². The number of aryl methyl sites for hydroxylation is 1. The topological polar surface area (TPSA) is 20.2 Å². The van der Waals surface area contributed by atoms with Gasteiger partial charge in [0.05, 0.1) is 0 Å². The fourth-order valence-corrected chi connectivity index (χ4v) is 2.32. The normalized spacial score (nSPS) is 12.3. The van der Waals surface area contributed by atoms with E-state index in [1.54, 1.807) is 6.07 Å². The molecule has 2 aromatic carbocycles. The third kappa shape index (κ3) is 4.18. The third-order valence-corrected chi connectivity index (χ3v) is 3.40. The van der Waals surface area contributed by atoms with Crippen molar-refractivity contribution in [3.05, 3.63) is 71.5 Å². The lowest BCUT2D eigenvalue weighted by Gasteiger charge is -2.14. The van der Waals surface area contributed by atoms with Crippen LogP contribution in [0, 0.1) is 5.82 Å². The summed E-state index contributed by atoms with van der Waals surface area (Å²) >= 11 is 0. The fraction of sp³-hybridized carbons (Fsp3) is 0.294. The van der Waals surface area contributed by atoms with Crippen molar-refractivity contribution in [2.24, 2.45) is 0 Å². The summed E-state index contributed by atoms with van der Waals surface area (Å²) in [6.45, 7) is 0.0677. The SMILES string of the molecule is OCC(CCCc1ccccc1)c1cccc(F)c1. The van der Waals surface area contributed by atoms with Gasteiger partial charge in [0.1, 0.15) is 5.82 Å². The summed E-state index contributed by atoms with van der Waals surface area (Å²) in [5, 5.41) is 9.45. The van der Waals surface area contributed by atoms with Gasteiger partial charge < -0.3 is 5.11 Å². The average molecular weight is 258 g/mol. The first-order chi connectivity index (χ1) is 9.29. The van der Waals surface area contributed by atoms with Gasteiger partial charge >= 0.3 is 0 Å². The Kier molecular flexibility index (Phi) is 5.10. The largest absolute Gasteiger partial charge is 0.396 e. The van der Waals surface area contributed by atoms with Crippen LogP contribution < -0.4 is 0 Å². The van der Waals surface area contributed by atoms with Crippen LogP contribution in [0.25, 0.3) is 0 Å². The molecule has 1 nitrogen and oxygen atoms in total. The lowest BCUT2D eigenvalue weighted by atomic mass is 9.93. The van der Waals surface area contributed by atoms with E-state index in [1.807, 2.05) is 24.3 Å². The van der Waals surface area contributed by atoms with E-state index >= 15 is 0 Å². The van der Waals surface area contributed by atoms with Gasteiger partial charge in [-0.3, -0.25) is 0 Å². The van der Waals surface area contributed by atoms with Crippen LogP contribution in [-0.4, -0.2) is 11.7 Å². The molecule has 0 aliphatic heterocycles. The summed E-state index contributed by atoms with van der Waals surface area (Å²) in [7, 11) is 0. The van der Waals surface area contributed by atoms with E-state index in [4.69, 9.17) is 0 Å². The molecule has 2 rings (SSSR count). The van der Waals surface area contributed by atoms with Gasteiger partial charge in [-0.25, -0.2) is 4.39 Å². The summed E-state index contributed by atoms with van der Waals surface area (Å²) in [6, 6.07) is 16.8. The van der Waals surface area contributed by atoms with Crippen LogP contribution in [0.2, 0.25) is 0 Å². The number of rotatable bonds is 6. The Bertz CT molecular complexity index is 496. The van der Waals surface area contributed by atoms with Gasteiger partial charge in [-0.15, -0.1) is 0 Å². The third-order valence-electron chi connectivity index (χ3n) is 3.40. The quantitative estimate of drug-likeness (QED) is 0.832. The summed E-state index contributed by atoms with van der Waals surface area (Å²) < 4.78 is 13.2. The molecule has 19 heavy (non-hydrogen) atoms. The molecule has 0 saturated carbocycles. The van der Waals surface area contributed by atoms with Gasteiger partial charge in [-0.05, 0) is 42.5 Å². The minimum absolute atomic E-state index is 0.0272. The second-order valence-corrected chi connectivity index (χ2v) is 4.81. The summed E-state index contributed by atoms with van der Waals surface area (Å²) in [6.07, 6.45) is 2.85. The van der Waals surface area contributed by atoms with Crippen LogP contribution in [0.15, 0.2) is 54.6 Å². The Morgan fingerprint density at radius 2 is 1.79 bits per heavy atom. The Labute approximate surface area is 113 Å². The molecule has 1 N–H and O–H groups in total. The van der Waals surface area contributed by atoms with E-state index in [-0.39, 0.29) is 18.3 Å². The molecule has 2 heteroatoms. The average Bonchev–Trinajstić information content (AvgIpc) is 2.45. The molecule has 2 aromatic rings. The van der Waals surface area contributed by atoms with Crippen molar-refractivity contribution in [3.8, 4) is 0 Å². The van der Waals surface area contributed by atoms with Crippen molar-refractivity contribution >= 4 is 0 Å². The predicted molar refractivity (Wildman–Crippen MR) is 75.6 cm³/mol. The molecule has 1 unspecified atom stereocenters. The lowest BCUT2D eigenvalue weighted by Crippen LogP contribution is -2.05. The Hall–Kier alpha value is -1.67. The number of aliphatic hydroxyl groups excluding tert-OH is 1. The van der Waals surface area contributed by atoms with E-state index in [0.717, 1.165) is 24.8 Å². The van der Waals surface area contributed by atoms with E-state index in [0.29, 0.717) is 0 Å². The molecule has 0 fully saturated rings. The smallest absolute Gasteiger partial charge is 0.123 e. The van der Waals surface area contributed by atoms with Crippen molar-refractivity contribution in [1.82, 2.24) is 0 Å². The maximum Gasteiger partial charge on any atom is 0.123 e. The molecular formula is C17H19FO.